The molecule has 0 radical (unpaired) electrons. The molecule has 1 unspecified atom stereocenters. The zero-order valence-corrected chi connectivity index (χ0v) is 14.1. The van der Waals surface area contributed by atoms with Crippen LogP contribution in [0.3, 0.4) is 0 Å². The standard InChI is InChI=1S/C17H29N3O/c1-6-21-15(17(2,3)4)16-19-13(11-14(18-5)20-16)12-9-7-8-10-12/h11-12,15H,6-10H2,1-5H3,(H,18,19,20). The summed E-state index contributed by atoms with van der Waals surface area (Å²) in [5, 5.41) is 3.17. The molecule has 1 aromatic rings. The summed E-state index contributed by atoms with van der Waals surface area (Å²) in [7, 11) is 1.91. The van der Waals surface area contributed by atoms with Crippen molar-refractivity contribution in [2.75, 3.05) is 19.0 Å². The Balaban J connectivity index is 2.38. The molecule has 0 spiro atoms. The van der Waals surface area contributed by atoms with Gasteiger partial charge < -0.3 is 10.1 Å². The Labute approximate surface area is 128 Å². The van der Waals surface area contributed by atoms with Crippen LogP contribution in [0, 0.1) is 5.41 Å². The summed E-state index contributed by atoms with van der Waals surface area (Å²) in [5.74, 6) is 2.30. The summed E-state index contributed by atoms with van der Waals surface area (Å²) in [6.45, 7) is 9.24. The molecule has 1 fully saturated rings. The van der Waals surface area contributed by atoms with Gasteiger partial charge in [0.05, 0.1) is 0 Å². The number of rotatable bonds is 5. The Bertz CT molecular complexity index is 462. The van der Waals surface area contributed by atoms with Crippen molar-refractivity contribution < 1.29 is 4.74 Å². The van der Waals surface area contributed by atoms with Crippen LogP contribution in [-0.4, -0.2) is 23.6 Å². The largest absolute Gasteiger partial charge is 0.373 e. The first-order valence-electron chi connectivity index (χ1n) is 8.14. The van der Waals surface area contributed by atoms with Gasteiger partial charge in [0, 0.05) is 31.3 Å². The highest BCUT2D eigenvalue weighted by Gasteiger charge is 2.31. The van der Waals surface area contributed by atoms with E-state index in [0.717, 1.165) is 11.6 Å². The van der Waals surface area contributed by atoms with E-state index < -0.39 is 0 Å². The van der Waals surface area contributed by atoms with Crippen LogP contribution in [0.4, 0.5) is 5.82 Å². The van der Waals surface area contributed by atoms with E-state index >= 15 is 0 Å². The molecule has 0 aliphatic heterocycles. The van der Waals surface area contributed by atoms with Gasteiger partial charge in [-0.25, -0.2) is 9.97 Å². The minimum absolute atomic E-state index is 0.0185. The van der Waals surface area contributed by atoms with E-state index in [0.29, 0.717) is 12.5 Å². The first kappa shape index (κ1) is 16.2. The third kappa shape index (κ3) is 3.94. The second kappa shape index (κ2) is 6.73. The lowest BCUT2D eigenvalue weighted by atomic mass is 9.88. The van der Waals surface area contributed by atoms with E-state index in [1.54, 1.807) is 0 Å². The summed E-state index contributed by atoms with van der Waals surface area (Å²) in [6.07, 6.45) is 5.04. The molecule has 4 heteroatoms. The van der Waals surface area contributed by atoms with Crippen molar-refractivity contribution in [2.45, 2.75) is 65.4 Å². The minimum Gasteiger partial charge on any atom is -0.373 e. The van der Waals surface area contributed by atoms with E-state index in [1.165, 1.54) is 31.4 Å². The monoisotopic (exact) mass is 291 g/mol. The van der Waals surface area contributed by atoms with Crippen molar-refractivity contribution in [3.63, 3.8) is 0 Å². The number of aromatic nitrogens is 2. The van der Waals surface area contributed by atoms with Crippen LogP contribution in [-0.2, 0) is 4.74 Å². The lowest BCUT2D eigenvalue weighted by Crippen LogP contribution is -2.24. The molecule has 4 nitrogen and oxygen atoms in total. The Hall–Kier alpha value is -1.16. The lowest BCUT2D eigenvalue weighted by Gasteiger charge is -2.29. The Morgan fingerprint density at radius 1 is 1.29 bits per heavy atom. The Kier molecular flexibility index (Phi) is 5.20. The molecule has 0 aromatic carbocycles. The maximum atomic E-state index is 5.96. The average Bonchev–Trinajstić information content (AvgIpc) is 2.97. The van der Waals surface area contributed by atoms with Crippen LogP contribution < -0.4 is 5.32 Å². The summed E-state index contributed by atoms with van der Waals surface area (Å²) in [6, 6.07) is 2.10. The van der Waals surface area contributed by atoms with Crippen LogP contribution in [0.1, 0.15) is 76.9 Å². The smallest absolute Gasteiger partial charge is 0.160 e. The van der Waals surface area contributed by atoms with Crippen molar-refractivity contribution in [2.24, 2.45) is 5.41 Å². The van der Waals surface area contributed by atoms with E-state index in [2.05, 4.69) is 37.1 Å². The van der Waals surface area contributed by atoms with Gasteiger partial charge in [0.25, 0.3) is 0 Å². The number of nitrogens with zero attached hydrogens (tertiary/aromatic N) is 2. The molecule has 1 aromatic heterocycles. The third-order valence-corrected chi connectivity index (χ3v) is 4.15. The molecular weight excluding hydrogens is 262 g/mol. The number of hydrogen-bond donors (Lipinski definition) is 1. The molecule has 0 amide bonds. The molecule has 1 saturated carbocycles. The van der Waals surface area contributed by atoms with Crippen LogP contribution in [0.25, 0.3) is 0 Å². The summed E-state index contributed by atoms with van der Waals surface area (Å²) >= 11 is 0. The SMILES string of the molecule is CCOC(c1nc(NC)cc(C2CCCC2)n1)C(C)(C)C. The molecule has 1 heterocycles. The molecule has 1 aliphatic rings. The zero-order chi connectivity index (χ0) is 15.5. The van der Waals surface area contributed by atoms with Gasteiger partial charge in [-0.05, 0) is 25.2 Å². The Morgan fingerprint density at radius 3 is 2.48 bits per heavy atom. The average molecular weight is 291 g/mol. The summed E-state index contributed by atoms with van der Waals surface area (Å²) in [5.41, 5.74) is 1.16. The molecule has 0 bridgehead atoms. The predicted molar refractivity (Wildman–Crippen MR) is 86.6 cm³/mol. The molecular formula is C17H29N3O. The van der Waals surface area contributed by atoms with Gasteiger partial charge in [-0.1, -0.05) is 33.6 Å². The van der Waals surface area contributed by atoms with E-state index in [9.17, 15) is 0 Å². The second-order valence-corrected chi connectivity index (χ2v) is 6.97. The number of nitrogens with one attached hydrogen (secondary N) is 1. The van der Waals surface area contributed by atoms with Gasteiger partial charge in [-0.2, -0.15) is 0 Å². The van der Waals surface area contributed by atoms with Crippen LogP contribution in [0.15, 0.2) is 6.07 Å². The fraction of sp³-hybridized carbons (Fsp3) is 0.765. The quantitative estimate of drug-likeness (QED) is 0.878. The molecule has 2 rings (SSSR count). The molecule has 21 heavy (non-hydrogen) atoms. The maximum absolute atomic E-state index is 5.96. The van der Waals surface area contributed by atoms with Gasteiger partial charge in [-0.15, -0.1) is 0 Å². The zero-order valence-electron chi connectivity index (χ0n) is 14.1. The fourth-order valence-corrected chi connectivity index (χ4v) is 3.04. The highest BCUT2D eigenvalue weighted by atomic mass is 16.5. The Morgan fingerprint density at radius 2 is 1.95 bits per heavy atom. The first-order chi connectivity index (χ1) is 9.95. The first-order valence-corrected chi connectivity index (χ1v) is 8.14. The van der Waals surface area contributed by atoms with E-state index in [4.69, 9.17) is 9.72 Å². The minimum atomic E-state index is -0.0732. The van der Waals surface area contributed by atoms with Crippen molar-refractivity contribution in [1.29, 1.82) is 0 Å². The topological polar surface area (TPSA) is 47.0 Å². The molecule has 0 saturated heterocycles. The third-order valence-electron chi connectivity index (χ3n) is 4.15. The van der Waals surface area contributed by atoms with E-state index in [-0.39, 0.29) is 11.5 Å². The van der Waals surface area contributed by atoms with Gasteiger partial charge >= 0.3 is 0 Å². The number of anilines is 1. The van der Waals surface area contributed by atoms with E-state index in [1.807, 2.05) is 14.0 Å². The number of hydrogen-bond acceptors (Lipinski definition) is 4. The predicted octanol–water partition coefficient (Wildman–Crippen LogP) is 4.30. The maximum Gasteiger partial charge on any atom is 0.160 e. The fourth-order valence-electron chi connectivity index (χ4n) is 3.04. The van der Waals surface area contributed by atoms with Gasteiger partial charge in [-0.3, -0.25) is 0 Å². The van der Waals surface area contributed by atoms with Crippen LogP contribution in [0.2, 0.25) is 0 Å². The van der Waals surface area contributed by atoms with Crippen molar-refractivity contribution >= 4 is 5.82 Å². The lowest BCUT2D eigenvalue weighted by molar-refractivity contribution is -0.0192. The van der Waals surface area contributed by atoms with Gasteiger partial charge in [0.1, 0.15) is 11.9 Å². The van der Waals surface area contributed by atoms with Crippen LogP contribution in [0.5, 0.6) is 0 Å². The highest BCUT2D eigenvalue weighted by Crippen LogP contribution is 2.38. The van der Waals surface area contributed by atoms with Crippen molar-refractivity contribution in [3.8, 4) is 0 Å². The summed E-state index contributed by atoms with van der Waals surface area (Å²) < 4.78 is 5.96. The molecule has 1 atom stereocenters. The van der Waals surface area contributed by atoms with Crippen LogP contribution >= 0.6 is 0 Å². The second-order valence-electron chi connectivity index (χ2n) is 6.97. The van der Waals surface area contributed by atoms with Gasteiger partial charge in [0.15, 0.2) is 5.82 Å². The molecule has 118 valence electrons. The number of ether oxygens (including phenoxy) is 1. The highest BCUT2D eigenvalue weighted by molar-refractivity contribution is 5.37. The molecule has 1 aliphatic carbocycles. The van der Waals surface area contributed by atoms with Crippen molar-refractivity contribution in [3.05, 3.63) is 17.6 Å². The summed E-state index contributed by atoms with van der Waals surface area (Å²) in [4.78, 5) is 9.53. The normalized spacial score (nSPS) is 18.0. The molecule has 1 N–H and O–H groups in total. The van der Waals surface area contributed by atoms with Crippen molar-refractivity contribution in [1.82, 2.24) is 9.97 Å². The van der Waals surface area contributed by atoms with Gasteiger partial charge in [0.2, 0.25) is 0 Å².